The molecule has 0 aliphatic heterocycles. The topological polar surface area (TPSA) is 38.3 Å². The van der Waals surface area contributed by atoms with Crippen LogP contribution in [0.1, 0.15) is 23.1 Å². The maximum absolute atomic E-state index is 11.4. The van der Waals surface area contributed by atoms with Gasteiger partial charge in [-0.1, -0.05) is 29.8 Å². The van der Waals surface area contributed by atoms with Gasteiger partial charge in [-0.25, -0.2) is 0 Å². The van der Waals surface area contributed by atoms with E-state index in [1.54, 1.807) is 6.08 Å². The first-order chi connectivity index (χ1) is 9.06. The van der Waals surface area contributed by atoms with Crippen LogP contribution in [0, 0.1) is 13.8 Å². The molecule has 0 bridgehead atoms. The van der Waals surface area contributed by atoms with E-state index in [1.807, 2.05) is 0 Å². The molecular formula is C16H23NO2. The molecule has 0 aliphatic rings. The zero-order valence-corrected chi connectivity index (χ0v) is 12.0. The number of nitrogens with one attached hydrogen (secondary N) is 1. The van der Waals surface area contributed by atoms with E-state index in [4.69, 9.17) is 4.74 Å². The highest BCUT2D eigenvalue weighted by atomic mass is 16.5. The molecule has 104 valence electrons. The van der Waals surface area contributed by atoms with Gasteiger partial charge in [-0.2, -0.15) is 0 Å². The third kappa shape index (κ3) is 5.26. The lowest BCUT2D eigenvalue weighted by molar-refractivity contribution is -0.141. The number of carbonyl (C=O) groups is 1. The van der Waals surface area contributed by atoms with Crippen LogP contribution < -0.4 is 5.32 Å². The predicted octanol–water partition coefficient (Wildman–Crippen LogP) is 2.55. The average molecular weight is 261 g/mol. The minimum Gasteiger partial charge on any atom is -0.469 e. The zero-order valence-electron chi connectivity index (χ0n) is 12.0. The summed E-state index contributed by atoms with van der Waals surface area (Å²) in [5.74, 6) is -0.188. The molecule has 3 heteroatoms. The largest absolute Gasteiger partial charge is 0.469 e. The van der Waals surface area contributed by atoms with Gasteiger partial charge in [0.2, 0.25) is 0 Å². The van der Waals surface area contributed by atoms with Gasteiger partial charge in [0.05, 0.1) is 13.5 Å². The number of benzene rings is 1. The lowest BCUT2D eigenvalue weighted by Crippen LogP contribution is -2.34. The number of carbonyl (C=O) groups excluding carboxylic acids is 1. The van der Waals surface area contributed by atoms with Crippen LogP contribution in [-0.4, -0.2) is 25.7 Å². The van der Waals surface area contributed by atoms with Crippen LogP contribution >= 0.6 is 0 Å². The third-order valence-electron chi connectivity index (χ3n) is 3.16. The summed E-state index contributed by atoms with van der Waals surface area (Å²) < 4.78 is 4.75. The van der Waals surface area contributed by atoms with Gasteiger partial charge in [0.25, 0.3) is 0 Å². The molecule has 0 fully saturated rings. The molecule has 0 aromatic heterocycles. The molecule has 1 rings (SSSR count). The Morgan fingerprint density at radius 3 is 2.84 bits per heavy atom. The molecule has 1 aromatic rings. The van der Waals surface area contributed by atoms with Gasteiger partial charge in [-0.3, -0.25) is 4.79 Å². The van der Waals surface area contributed by atoms with E-state index < -0.39 is 0 Å². The molecule has 0 radical (unpaired) electrons. The molecule has 0 aliphatic carbocycles. The van der Waals surface area contributed by atoms with Crippen LogP contribution in [0.25, 0.3) is 0 Å². The number of rotatable bonds is 7. The fourth-order valence-corrected chi connectivity index (χ4v) is 2.04. The number of hydrogen-bond donors (Lipinski definition) is 1. The van der Waals surface area contributed by atoms with E-state index in [1.165, 1.54) is 23.8 Å². The van der Waals surface area contributed by atoms with Crippen molar-refractivity contribution < 1.29 is 9.53 Å². The van der Waals surface area contributed by atoms with Crippen molar-refractivity contribution in [2.45, 2.75) is 32.7 Å². The number of methoxy groups -OCH3 is 1. The molecule has 1 unspecified atom stereocenters. The number of esters is 1. The normalized spacial score (nSPS) is 11.9. The van der Waals surface area contributed by atoms with Crippen LogP contribution in [-0.2, 0) is 16.0 Å². The first kappa shape index (κ1) is 15.4. The van der Waals surface area contributed by atoms with Crippen molar-refractivity contribution in [3.63, 3.8) is 0 Å². The molecule has 0 saturated heterocycles. The summed E-state index contributed by atoms with van der Waals surface area (Å²) in [5, 5.41) is 3.31. The molecule has 3 nitrogen and oxygen atoms in total. The first-order valence-electron chi connectivity index (χ1n) is 6.54. The Bertz CT molecular complexity index is 440. The molecule has 1 N–H and O–H groups in total. The monoisotopic (exact) mass is 261 g/mol. The van der Waals surface area contributed by atoms with E-state index in [9.17, 15) is 4.79 Å². The first-order valence-corrected chi connectivity index (χ1v) is 6.54. The van der Waals surface area contributed by atoms with E-state index in [-0.39, 0.29) is 12.0 Å². The van der Waals surface area contributed by atoms with Crippen molar-refractivity contribution in [2.75, 3.05) is 13.7 Å². The average Bonchev–Trinajstić information content (AvgIpc) is 2.39. The SMILES string of the molecule is C=CCNC(CC(=O)OC)Cc1cc(C)ccc1C. The molecule has 0 saturated carbocycles. The van der Waals surface area contributed by atoms with E-state index >= 15 is 0 Å². The van der Waals surface area contributed by atoms with Gasteiger partial charge in [-0.05, 0) is 31.4 Å². The van der Waals surface area contributed by atoms with Crippen molar-refractivity contribution >= 4 is 5.97 Å². The van der Waals surface area contributed by atoms with Crippen molar-refractivity contribution in [2.24, 2.45) is 0 Å². The summed E-state index contributed by atoms with van der Waals surface area (Å²) in [4.78, 5) is 11.4. The quantitative estimate of drug-likeness (QED) is 0.605. The Kier molecular flexibility index (Phi) is 6.30. The Balaban J connectivity index is 2.77. The Labute approximate surface area is 115 Å². The second-order valence-corrected chi connectivity index (χ2v) is 4.81. The molecule has 19 heavy (non-hydrogen) atoms. The van der Waals surface area contributed by atoms with Crippen LogP contribution in [0.2, 0.25) is 0 Å². The highest BCUT2D eigenvalue weighted by Crippen LogP contribution is 2.14. The van der Waals surface area contributed by atoms with E-state index in [0.717, 1.165) is 6.42 Å². The fraction of sp³-hybridized carbons (Fsp3) is 0.438. The molecule has 1 aromatic carbocycles. The molecule has 1 atom stereocenters. The maximum Gasteiger partial charge on any atom is 0.307 e. The van der Waals surface area contributed by atoms with E-state index in [0.29, 0.717) is 13.0 Å². The van der Waals surface area contributed by atoms with E-state index in [2.05, 4.69) is 43.9 Å². The molecule has 0 spiro atoms. The summed E-state index contributed by atoms with van der Waals surface area (Å²) >= 11 is 0. The number of aryl methyl sites for hydroxylation is 2. The van der Waals surface area contributed by atoms with Crippen molar-refractivity contribution in [1.29, 1.82) is 0 Å². The standard InChI is InChI=1S/C16H23NO2/c1-5-8-17-15(11-16(18)19-4)10-14-9-12(2)6-7-13(14)3/h5-7,9,15,17H,1,8,10-11H2,2-4H3. The van der Waals surface area contributed by atoms with Crippen molar-refractivity contribution in [3.8, 4) is 0 Å². The highest BCUT2D eigenvalue weighted by molar-refractivity contribution is 5.70. The second-order valence-electron chi connectivity index (χ2n) is 4.81. The van der Waals surface area contributed by atoms with Crippen LogP contribution in [0.15, 0.2) is 30.9 Å². The van der Waals surface area contributed by atoms with Crippen molar-refractivity contribution in [1.82, 2.24) is 5.32 Å². The van der Waals surface area contributed by atoms with Crippen LogP contribution in [0.5, 0.6) is 0 Å². The molecular weight excluding hydrogens is 238 g/mol. The number of ether oxygens (including phenoxy) is 1. The Hall–Kier alpha value is -1.61. The summed E-state index contributed by atoms with van der Waals surface area (Å²) in [6, 6.07) is 6.47. The van der Waals surface area contributed by atoms with Gasteiger partial charge in [-0.15, -0.1) is 6.58 Å². The summed E-state index contributed by atoms with van der Waals surface area (Å²) in [5.41, 5.74) is 3.76. The minimum absolute atomic E-state index is 0.0750. The van der Waals surface area contributed by atoms with Gasteiger partial charge in [0.15, 0.2) is 0 Å². The van der Waals surface area contributed by atoms with Crippen LogP contribution in [0.3, 0.4) is 0 Å². The third-order valence-corrected chi connectivity index (χ3v) is 3.16. The summed E-state index contributed by atoms with van der Waals surface area (Å²) in [7, 11) is 1.42. The smallest absolute Gasteiger partial charge is 0.307 e. The summed E-state index contributed by atoms with van der Waals surface area (Å²) in [6.45, 7) is 8.55. The van der Waals surface area contributed by atoms with Gasteiger partial charge in [0.1, 0.15) is 0 Å². The van der Waals surface area contributed by atoms with Crippen LogP contribution in [0.4, 0.5) is 0 Å². The predicted molar refractivity (Wildman–Crippen MR) is 78.2 cm³/mol. The maximum atomic E-state index is 11.4. The fourth-order valence-electron chi connectivity index (χ4n) is 2.04. The lowest BCUT2D eigenvalue weighted by atomic mass is 9.97. The van der Waals surface area contributed by atoms with Gasteiger partial charge in [0, 0.05) is 12.6 Å². The van der Waals surface area contributed by atoms with Gasteiger partial charge >= 0.3 is 5.97 Å². The Morgan fingerprint density at radius 1 is 1.47 bits per heavy atom. The highest BCUT2D eigenvalue weighted by Gasteiger charge is 2.15. The number of hydrogen-bond acceptors (Lipinski definition) is 3. The minimum atomic E-state index is -0.188. The molecule has 0 heterocycles. The zero-order chi connectivity index (χ0) is 14.3. The molecule has 0 amide bonds. The second kappa shape index (κ2) is 7.74. The Morgan fingerprint density at radius 2 is 2.21 bits per heavy atom. The lowest BCUT2D eigenvalue weighted by Gasteiger charge is -2.18. The van der Waals surface area contributed by atoms with Gasteiger partial charge < -0.3 is 10.1 Å². The summed E-state index contributed by atoms with van der Waals surface area (Å²) in [6.07, 6.45) is 2.99. The van der Waals surface area contributed by atoms with Crippen molar-refractivity contribution in [3.05, 3.63) is 47.5 Å².